The van der Waals surface area contributed by atoms with E-state index in [0.29, 0.717) is 22.9 Å². The maximum absolute atomic E-state index is 12.3. The van der Waals surface area contributed by atoms with Gasteiger partial charge in [-0.2, -0.15) is 0 Å². The smallest absolute Gasteiger partial charge is 0.243 e. The van der Waals surface area contributed by atoms with Crippen LogP contribution in [0, 0.1) is 0 Å². The number of carbonyl (C=O) groups excluding carboxylic acids is 1. The van der Waals surface area contributed by atoms with E-state index in [2.05, 4.69) is 29.4 Å². The van der Waals surface area contributed by atoms with E-state index in [1.165, 1.54) is 0 Å². The predicted molar refractivity (Wildman–Crippen MR) is 113 cm³/mol. The Morgan fingerprint density at radius 1 is 0.893 bits per heavy atom. The highest BCUT2D eigenvalue weighted by molar-refractivity contribution is 5.94. The minimum Gasteiger partial charge on any atom is -0.493 e. The number of carbonyl (C=O) groups is 1. The lowest BCUT2D eigenvalue weighted by atomic mass is 10.2. The summed E-state index contributed by atoms with van der Waals surface area (Å²) in [5, 5.41) is 5.96. The van der Waals surface area contributed by atoms with Crippen LogP contribution in [0.1, 0.15) is 13.8 Å². The minimum absolute atomic E-state index is 0.108. The van der Waals surface area contributed by atoms with Crippen molar-refractivity contribution >= 4 is 23.0 Å². The second kappa shape index (κ2) is 10.3. The second-order valence-electron chi connectivity index (χ2n) is 6.03. The number of rotatable bonds is 10. The molecule has 1 amide bonds. The Bertz CT molecular complexity index is 749. The van der Waals surface area contributed by atoms with Crippen LogP contribution < -0.4 is 29.7 Å². The largest absolute Gasteiger partial charge is 0.493 e. The summed E-state index contributed by atoms with van der Waals surface area (Å²) in [6, 6.07) is 11.3. The van der Waals surface area contributed by atoms with E-state index in [1.54, 1.807) is 33.5 Å². The van der Waals surface area contributed by atoms with Crippen LogP contribution in [0.2, 0.25) is 0 Å². The fourth-order valence-electron chi connectivity index (χ4n) is 2.92. The molecule has 0 aliphatic heterocycles. The highest BCUT2D eigenvalue weighted by Crippen LogP contribution is 2.39. The summed E-state index contributed by atoms with van der Waals surface area (Å²) in [6.07, 6.45) is 0. The Morgan fingerprint density at radius 3 is 1.93 bits per heavy atom. The van der Waals surface area contributed by atoms with Crippen LogP contribution in [0.5, 0.6) is 17.2 Å². The zero-order valence-electron chi connectivity index (χ0n) is 17.2. The molecule has 0 atom stereocenters. The number of benzene rings is 2. The van der Waals surface area contributed by atoms with Crippen LogP contribution in [0.3, 0.4) is 0 Å². The molecule has 2 N–H and O–H groups in total. The molecule has 2 rings (SSSR count). The molecule has 0 aliphatic carbocycles. The summed E-state index contributed by atoms with van der Waals surface area (Å²) < 4.78 is 15.9. The van der Waals surface area contributed by atoms with E-state index in [4.69, 9.17) is 14.2 Å². The number of ether oxygens (including phenoxy) is 3. The van der Waals surface area contributed by atoms with Gasteiger partial charge < -0.3 is 29.7 Å². The van der Waals surface area contributed by atoms with E-state index in [1.807, 2.05) is 24.3 Å². The summed E-state index contributed by atoms with van der Waals surface area (Å²) in [4.78, 5) is 14.5. The maximum Gasteiger partial charge on any atom is 0.243 e. The first kappa shape index (κ1) is 21.2. The molecule has 0 aromatic heterocycles. The highest BCUT2D eigenvalue weighted by Gasteiger charge is 2.13. The third-order valence-electron chi connectivity index (χ3n) is 4.40. The van der Waals surface area contributed by atoms with Crippen molar-refractivity contribution < 1.29 is 19.0 Å². The summed E-state index contributed by atoms with van der Waals surface area (Å²) in [6.45, 7) is 6.24. The SMILES string of the molecule is CCN(CC)c1ccc(NC(=O)CNc2cc(OC)c(OC)c(OC)c2)cc1. The first-order valence-corrected chi connectivity index (χ1v) is 9.24. The number of hydrogen-bond donors (Lipinski definition) is 2. The molecular weight excluding hydrogens is 358 g/mol. The zero-order chi connectivity index (χ0) is 20.5. The highest BCUT2D eigenvalue weighted by atomic mass is 16.5. The lowest BCUT2D eigenvalue weighted by Gasteiger charge is -2.21. The van der Waals surface area contributed by atoms with Gasteiger partial charge in [0.25, 0.3) is 0 Å². The van der Waals surface area contributed by atoms with Gasteiger partial charge in [-0.1, -0.05) is 0 Å². The van der Waals surface area contributed by atoms with E-state index < -0.39 is 0 Å². The molecule has 0 saturated heterocycles. The third-order valence-corrected chi connectivity index (χ3v) is 4.40. The Morgan fingerprint density at radius 2 is 1.46 bits per heavy atom. The number of nitrogens with zero attached hydrogens (tertiary/aromatic N) is 1. The Labute approximate surface area is 166 Å². The van der Waals surface area contributed by atoms with Crippen LogP contribution >= 0.6 is 0 Å². The number of anilines is 3. The lowest BCUT2D eigenvalue weighted by molar-refractivity contribution is -0.114. The standard InChI is InChI=1S/C21H29N3O4/c1-6-24(7-2)17-10-8-15(9-11-17)23-20(25)14-22-16-12-18(26-3)21(28-5)19(13-16)27-4/h8-13,22H,6-7,14H2,1-5H3,(H,23,25). The van der Waals surface area contributed by atoms with E-state index in [9.17, 15) is 4.79 Å². The normalized spacial score (nSPS) is 10.2. The van der Waals surface area contributed by atoms with Crippen molar-refractivity contribution in [1.29, 1.82) is 0 Å². The summed E-state index contributed by atoms with van der Waals surface area (Å²) in [5.74, 6) is 1.41. The fourth-order valence-corrected chi connectivity index (χ4v) is 2.92. The number of methoxy groups -OCH3 is 3. The molecule has 28 heavy (non-hydrogen) atoms. The Hall–Kier alpha value is -3.09. The summed E-state index contributed by atoms with van der Waals surface area (Å²) in [7, 11) is 4.65. The summed E-state index contributed by atoms with van der Waals surface area (Å²) in [5.41, 5.74) is 2.59. The number of nitrogens with one attached hydrogen (secondary N) is 2. The Balaban J connectivity index is 1.99. The van der Waals surface area contributed by atoms with Crippen LogP contribution in [0.15, 0.2) is 36.4 Å². The Kier molecular flexibility index (Phi) is 7.80. The first-order chi connectivity index (χ1) is 13.6. The second-order valence-corrected chi connectivity index (χ2v) is 6.03. The molecule has 152 valence electrons. The number of hydrogen-bond acceptors (Lipinski definition) is 6. The van der Waals surface area contributed by atoms with Gasteiger partial charge in [0.1, 0.15) is 0 Å². The molecule has 0 aliphatic rings. The van der Waals surface area contributed by atoms with Crippen molar-refractivity contribution in [3.05, 3.63) is 36.4 Å². The third kappa shape index (κ3) is 5.22. The molecule has 7 nitrogen and oxygen atoms in total. The van der Waals surface area contributed by atoms with Gasteiger partial charge in [-0.25, -0.2) is 0 Å². The lowest BCUT2D eigenvalue weighted by Crippen LogP contribution is -2.23. The van der Waals surface area contributed by atoms with Crippen LogP contribution in [-0.2, 0) is 4.79 Å². The first-order valence-electron chi connectivity index (χ1n) is 9.24. The molecule has 0 unspecified atom stereocenters. The van der Waals surface area contributed by atoms with Crippen molar-refractivity contribution in [3.63, 3.8) is 0 Å². The average Bonchev–Trinajstić information content (AvgIpc) is 2.73. The van der Waals surface area contributed by atoms with Crippen LogP contribution in [-0.4, -0.2) is 46.9 Å². The van der Waals surface area contributed by atoms with E-state index in [-0.39, 0.29) is 12.5 Å². The van der Waals surface area contributed by atoms with Crippen molar-refractivity contribution in [2.75, 3.05) is 56.5 Å². The predicted octanol–water partition coefficient (Wildman–Crippen LogP) is 3.61. The topological polar surface area (TPSA) is 72.1 Å². The molecule has 0 spiro atoms. The average molecular weight is 387 g/mol. The molecule has 2 aromatic rings. The van der Waals surface area contributed by atoms with E-state index in [0.717, 1.165) is 24.5 Å². The van der Waals surface area contributed by atoms with Gasteiger partial charge in [-0.15, -0.1) is 0 Å². The van der Waals surface area contributed by atoms with Gasteiger partial charge in [0.15, 0.2) is 11.5 Å². The minimum atomic E-state index is -0.149. The molecule has 7 heteroatoms. The molecule has 0 radical (unpaired) electrons. The van der Waals surface area contributed by atoms with Gasteiger partial charge in [-0.3, -0.25) is 4.79 Å². The van der Waals surface area contributed by atoms with Gasteiger partial charge >= 0.3 is 0 Å². The molecule has 0 saturated carbocycles. The van der Waals surface area contributed by atoms with Gasteiger partial charge in [0, 0.05) is 42.3 Å². The van der Waals surface area contributed by atoms with Crippen molar-refractivity contribution in [3.8, 4) is 17.2 Å². The monoisotopic (exact) mass is 387 g/mol. The van der Waals surface area contributed by atoms with Crippen molar-refractivity contribution in [2.45, 2.75) is 13.8 Å². The molecule has 0 bridgehead atoms. The molecular formula is C21H29N3O4. The van der Waals surface area contributed by atoms with Crippen molar-refractivity contribution in [2.24, 2.45) is 0 Å². The molecule has 2 aromatic carbocycles. The quantitative estimate of drug-likeness (QED) is 0.649. The maximum atomic E-state index is 12.3. The zero-order valence-corrected chi connectivity index (χ0v) is 17.2. The van der Waals surface area contributed by atoms with Gasteiger partial charge in [0.05, 0.1) is 27.9 Å². The fraction of sp³-hybridized carbons (Fsp3) is 0.381. The van der Waals surface area contributed by atoms with Crippen molar-refractivity contribution in [1.82, 2.24) is 0 Å². The van der Waals surface area contributed by atoms with Crippen LogP contribution in [0.25, 0.3) is 0 Å². The molecule has 0 fully saturated rings. The van der Waals surface area contributed by atoms with E-state index >= 15 is 0 Å². The van der Waals surface area contributed by atoms with Gasteiger partial charge in [0.2, 0.25) is 11.7 Å². The van der Waals surface area contributed by atoms with Crippen LogP contribution in [0.4, 0.5) is 17.1 Å². The molecule has 0 heterocycles. The number of amides is 1. The summed E-state index contributed by atoms with van der Waals surface area (Å²) >= 11 is 0. The van der Waals surface area contributed by atoms with Gasteiger partial charge in [-0.05, 0) is 38.1 Å².